The van der Waals surface area contributed by atoms with Crippen LogP contribution in [0.15, 0.2) is 241 Å². The molecule has 290 valence electrons. The number of anilines is 3. The molecule has 1 aromatic heterocycles. The molecule has 62 heavy (non-hydrogen) atoms. The van der Waals surface area contributed by atoms with Crippen molar-refractivity contribution in [3.05, 3.63) is 236 Å². The predicted molar refractivity (Wildman–Crippen MR) is 263 cm³/mol. The van der Waals surface area contributed by atoms with E-state index in [0.29, 0.717) is 16.9 Å². The predicted octanol–water partition coefficient (Wildman–Crippen LogP) is 17.2. The van der Waals surface area contributed by atoms with E-state index in [9.17, 15) is 5.48 Å². The normalized spacial score (nSPS) is 12.5. The molecular weight excluding hydrogens is 751 g/mol. The second kappa shape index (κ2) is 14.8. The number of benzene rings is 11. The molecule has 0 amide bonds. The summed E-state index contributed by atoms with van der Waals surface area (Å²) in [5.74, 6) is 0. The summed E-state index contributed by atoms with van der Waals surface area (Å²) in [4.78, 5) is 1.90. The molecule has 0 atom stereocenters. The minimum atomic E-state index is -0.144. The van der Waals surface area contributed by atoms with Crippen molar-refractivity contribution in [1.29, 1.82) is 0 Å². The smallest absolute Gasteiger partial charge is 0.143 e. The van der Waals surface area contributed by atoms with E-state index in [4.69, 9.17) is 4.42 Å². The number of hydrogen-bond donors (Lipinski definition) is 0. The molecule has 12 aromatic rings. The fourth-order valence-electron chi connectivity index (χ4n) is 9.08. The molecule has 0 aliphatic carbocycles. The molecule has 0 fully saturated rings. The van der Waals surface area contributed by atoms with Crippen molar-refractivity contribution in [2.45, 2.75) is 0 Å². The zero-order valence-electron chi connectivity index (χ0n) is 37.6. The molecule has 0 aliphatic heterocycles. The SMILES string of the molecule is [2H]c1c([2H])c(N(c2ccc(-c3ccc4ccccc4c3)cc2)c2ccccc2-c2cc3ccccc3c3oc4ccccc4c23)c([2H])c([2H])c1-c1ccc(-c2cccc3ccccc23)cc1. The highest BCUT2D eigenvalue weighted by Crippen LogP contribution is 2.47. The highest BCUT2D eigenvalue weighted by molar-refractivity contribution is 6.22. The second-order valence-corrected chi connectivity index (χ2v) is 15.7. The molecule has 0 radical (unpaired) electrons. The Hall–Kier alpha value is -8.20. The molecule has 0 saturated heterocycles. The van der Waals surface area contributed by atoms with Crippen LogP contribution in [0.1, 0.15) is 5.48 Å². The van der Waals surface area contributed by atoms with Gasteiger partial charge < -0.3 is 9.32 Å². The fourth-order valence-corrected chi connectivity index (χ4v) is 9.08. The van der Waals surface area contributed by atoms with Gasteiger partial charge in [0.1, 0.15) is 11.2 Å². The summed E-state index contributed by atoms with van der Waals surface area (Å²) >= 11 is 0. The molecule has 0 aliphatic rings. The Morgan fingerprint density at radius 2 is 0.919 bits per heavy atom. The van der Waals surface area contributed by atoms with Gasteiger partial charge in [0, 0.05) is 33.1 Å². The van der Waals surface area contributed by atoms with Gasteiger partial charge in [-0.2, -0.15) is 0 Å². The van der Waals surface area contributed by atoms with Crippen LogP contribution in [0, 0.1) is 0 Å². The number of furan rings is 1. The molecule has 0 saturated carbocycles. The number of hydrogen-bond acceptors (Lipinski definition) is 2. The van der Waals surface area contributed by atoms with E-state index in [1.165, 1.54) is 5.39 Å². The molecule has 1 heterocycles. The molecule has 2 nitrogen and oxygen atoms in total. The van der Waals surface area contributed by atoms with Crippen molar-refractivity contribution in [3.63, 3.8) is 0 Å². The van der Waals surface area contributed by atoms with Crippen LogP contribution in [0.5, 0.6) is 0 Å². The van der Waals surface area contributed by atoms with Gasteiger partial charge in [0.2, 0.25) is 0 Å². The van der Waals surface area contributed by atoms with E-state index < -0.39 is 0 Å². The van der Waals surface area contributed by atoms with Gasteiger partial charge in [0.25, 0.3) is 0 Å². The Kier molecular flexibility index (Phi) is 7.57. The molecular formula is C60H39NO. The first-order valence-electron chi connectivity index (χ1n) is 22.9. The van der Waals surface area contributed by atoms with E-state index in [0.717, 1.165) is 82.3 Å². The van der Waals surface area contributed by atoms with Gasteiger partial charge in [0.05, 0.1) is 11.2 Å². The average molecular weight is 794 g/mol. The summed E-state index contributed by atoms with van der Waals surface area (Å²) in [5.41, 5.74) is 9.92. The fraction of sp³-hybridized carbons (Fsp3) is 0. The van der Waals surface area contributed by atoms with E-state index in [2.05, 4.69) is 97.1 Å². The molecule has 0 bridgehead atoms. The standard InChI is InChI=1S/C60H39NO/c1-2-14-46-38-47(29-26-40(46)12-1)43-32-36-50(37-33-43)61(49-34-30-42(31-35-49)41-24-27-45(28-25-41)52-21-11-16-44-13-3-5-17-51(44)52)57-22-9-7-19-54(57)56-39-48-15-4-6-18-53(48)60-59(56)55-20-8-10-23-58(55)62-60/h1-39H/i30D,31D,34D,35D. The highest BCUT2D eigenvalue weighted by Gasteiger charge is 2.22. The van der Waals surface area contributed by atoms with Gasteiger partial charge in [-0.25, -0.2) is 0 Å². The lowest BCUT2D eigenvalue weighted by Crippen LogP contribution is -2.11. The maximum atomic E-state index is 9.82. The Morgan fingerprint density at radius 1 is 0.339 bits per heavy atom. The maximum absolute atomic E-state index is 9.82. The highest BCUT2D eigenvalue weighted by atomic mass is 16.3. The largest absolute Gasteiger partial charge is 0.455 e. The van der Waals surface area contributed by atoms with E-state index in [1.807, 2.05) is 120 Å². The van der Waals surface area contributed by atoms with E-state index in [1.54, 1.807) is 0 Å². The maximum Gasteiger partial charge on any atom is 0.143 e. The Bertz CT molecular complexity index is 3840. The lowest BCUT2D eigenvalue weighted by molar-refractivity contribution is 0.673. The van der Waals surface area contributed by atoms with Crippen molar-refractivity contribution in [2.24, 2.45) is 0 Å². The quantitative estimate of drug-likeness (QED) is 0.160. The zero-order chi connectivity index (χ0) is 44.5. The number of fused-ring (bicyclic) bond motifs is 7. The van der Waals surface area contributed by atoms with Crippen LogP contribution in [-0.2, 0) is 0 Å². The first-order chi connectivity index (χ1) is 32.4. The number of para-hydroxylation sites is 2. The molecule has 0 unspecified atom stereocenters. The first kappa shape index (κ1) is 31.7. The summed E-state index contributed by atoms with van der Waals surface area (Å²) in [6.45, 7) is 0. The van der Waals surface area contributed by atoms with E-state index >= 15 is 0 Å². The third-order valence-corrected chi connectivity index (χ3v) is 12.1. The van der Waals surface area contributed by atoms with Gasteiger partial charge >= 0.3 is 0 Å². The second-order valence-electron chi connectivity index (χ2n) is 15.7. The summed E-state index contributed by atoms with van der Waals surface area (Å²) in [6.07, 6.45) is 0. The summed E-state index contributed by atoms with van der Waals surface area (Å²) in [5, 5.41) is 8.56. The lowest BCUT2D eigenvalue weighted by atomic mass is 9.93. The Morgan fingerprint density at radius 3 is 1.74 bits per heavy atom. The van der Waals surface area contributed by atoms with Crippen LogP contribution < -0.4 is 4.90 Å². The van der Waals surface area contributed by atoms with Gasteiger partial charge in [-0.15, -0.1) is 0 Å². The monoisotopic (exact) mass is 793 g/mol. The van der Waals surface area contributed by atoms with Crippen molar-refractivity contribution in [1.82, 2.24) is 0 Å². The summed E-state index contributed by atoms with van der Waals surface area (Å²) < 4.78 is 45.5. The molecule has 0 spiro atoms. The average Bonchev–Trinajstić information content (AvgIpc) is 3.77. The topological polar surface area (TPSA) is 16.4 Å². The Balaban J connectivity index is 1.05. The van der Waals surface area contributed by atoms with Crippen molar-refractivity contribution in [2.75, 3.05) is 4.90 Å². The summed E-state index contributed by atoms with van der Waals surface area (Å²) in [7, 11) is 0. The van der Waals surface area contributed by atoms with Crippen LogP contribution in [0.25, 0.3) is 98.8 Å². The minimum Gasteiger partial charge on any atom is -0.455 e. The zero-order valence-corrected chi connectivity index (χ0v) is 33.6. The van der Waals surface area contributed by atoms with Crippen LogP contribution in [-0.4, -0.2) is 0 Å². The van der Waals surface area contributed by atoms with Crippen LogP contribution in [0.2, 0.25) is 0 Å². The Labute approximate surface area is 365 Å². The van der Waals surface area contributed by atoms with Gasteiger partial charge in [0.15, 0.2) is 0 Å². The molecule has 2 heteroatoms. The molecule has 0 N–H and O–H groups in total. The van der Waals surface area contributed by atoms with Crippen molar-refractivity contribution >= 4 is 71.3 Å². The number of nitrogens with zero attached hydrogens (tertiary/aromatic N) is 1. The van der Waals surface area contributed by atoms with Gasteiger partial charge in [-0.1, -0.05) is 188 Å². The lowest BCUT2D eigenvalue weighted by Gasteiger charge is -2.28. The van der Waals surface area contributed by atoms with Crippen LogP contribution in [0.4, 0.5) is 17.1 Å². The third kappa shape index (κ3) is 6.12. The minimum absolute atomic E-state index is 0.117. The van der Waals surface area contributed by atoms with Gasteiger partial charge in [-0.3, -0.25) is 0 Å². The van der Waals surface area contributed by atoms with Crippen molar-refractivity contribution in [3.8, 4) is 44.5 Å². The molecule has 11 aromatic carbocycles. The van der Waals surface area contributed by atoms with Crippen LogP contribution in [0.3, 0.4) is 0 Å². The summed E-state index contributed by atoms with van der Waals surface area (Å²) in [6, 6.07) is 71.3. The van der Waals surface area contributed by atoms with E-state index in [-0.39, 0.29) is 35.4 Å². The van der Waals surface area contributed by atoms with Crippen LogP contribution >= 0.6 is 0 Å². The number of rotatable bonds is 7. The van der Waals surface area contributed by atoms with Crippen molar-refractivity contribution < 1.29 is 9.90 Å². The third-order valence-electron chi connectivity index (χ3n) is 12.1. The first-order valence-corrected chi connectivity index (χ1v) is 20.9. The van der Waals surface area contributed by atoms with Gasteiger partial charge in [-0.05, 0) is 114 Å². The molecule has 12 rings (SSSR count).